The van der Waals surface area contributed by atoms with Crippen LogP contribution in [0.25, 0.3) is 11.0 Å². The molecule has 0 unspecified atom stereocenters. The largest absolute Gasteiger partial charge is 0.453 e. The number of ketones is 1. The molecule has 0 aliphatic carbocycles. The van der Waals surface area contributed by atoms with Crippen molar-refractivity contribution >= 4 is 28.7 Å². The molecule has 0 aliphatic heterocycles. The molecule has 0 aliphatic rings. The Hall–Kier alpha value is -4.33. The van der Waals surface area contributed by atoms with Crippen LogP contribution in [0.15, 0.2) is 66.9 Å². The van der Waals surface area contributed by atoms with Gasteiger partial charge in [-0.15, -0.1) is 0 Å². The molecule has 1 amide bonds. The first-order valence-electron chi connectivity index (χ1n) is 9.91. The molecule has 2 heterocycles. The molecule has 8 nitrogen and oxygen atoms in total. The molecule has 32 heavy (non-hydrogen) atoms. The van der Waals surface area contributed by atoms with Crippen LogP contribution in [0.3, 0.4) is 0 Å². The highest BCUT2D eigenvalue weighted by molar-refractivity contribution is 6.02. The molecule has 0 saturated heterocycles. The first kappa shape index (κ1) is 20.9. The van der Waals surface area contributed by atoms with E-state index in [1.807, 2.05) is 12.1 Å². The number of hydrogen-bond acceptors (Lipinski definition) is 6. The van der Waals surface area contributed by atoms with Gasteiger partial charge >= 0.3 is 5.97 Å². The number of benzene rings is 2. The van der Waals surface area contributed by atoms with Gasteiger partial charge in [-0.1, -0.05) is 30.3 Å². The summed E-state index contributed by atoms with van der Waals surface area (Å²) in [5, 5.41) is 0. The monoisotopic (exact) mass is 428 g/mol. The summed E-state index contributed by atoms with van der Waals surface area (Å²) in [6, 6.07) is 17.6. The lowest BCUT2D eigenvalue weighted by atomic mass is 10.1. The number of nitrogens with zero attached hydrogens (tertiary/aromatic N) is 3. The number of carbonyl (C=O) groups is 3. The van der Waals surface area contributed by atoms with E-state index < -0.39 is 12.6 Å². The Kier molecular flexibility index (Phi) is 5.76. The minimum atomic E-state index is -0.734. The van der Waals surface area contributed by atoms with Crippen molar-refractivity contribution in [1.82, 2.24) is 14.6 Å². The number of hydrogen-bond donors (Lipinski definition) is 1. The Bertz CT molecular complexity index is 1330. The number of amides is 1. The second kappa shape index (κ2) is 8.81. The molecule has 0 spiro atoms. The highest BCUT2D eigenvalue weighted by Crippen LogP contribution is 2.16. The van der Waals surface area contributed by atoms with Gasteiger partial charge in [0.2, 0.25) is 5.78 Å². The quantitative estimate of drug-likeness (QED) is 0.373. The van der Waals surface area contributed by atoms with Crippen molar-refractivity contribution in [3.05, 3.63) is 95.1 Å². The smallest absolute Gasteiger partial charge is 0.359 e. The van der Waals surface area contributed by atoms with Gasteiger partial charge in [-0.2, -0.15) is 0 Å². The van der Waals surface area contributed by atoms with E-state index >= 15 is 0 Å². The molecule has 8 heteroatoms. The van der Waals surface area contributed by atoms with E-state index in [9.17, 15) is 14.4 Å². The molecule has 4 aromatic rings. The zero-order chi connectivity index (χ0) is 22.7. The molecule has 0 radical (unpaired) electrons. The number of fused-ring (bicyclic) bond motifs is 1. The van der Waals surface area contributed by atoms with Gasteiger partial charge in [-0.05, 0) is 44.2 Å². The first-order valence-corrected chi connectivity index (χ1v) is 9.91. The van der Waals surface area contributed by atoms with Gasteiger partial charge in [0.15, 0.2) is 12.3 Å². The molecule has 0 saturated carbocycles. The Morgan fingerprint density at radius 1 is 0.969 bits per heavy atom. The summed E-state index contributed by atoms with van der Waals surface area (Å²) in [7, 11) is 0. The highest BCUT2D eigenvalue weighted by atomic mass is 16.5. The molecule has 160 valence electrons. The Morgan fingerprint density at radius 3 is 2.41 bits per heavy atom. The number of carbonyl (C=O) groups excluding carboxylic acids is 3. The van der Waals surface area contributed by atoms with Crippen molar-refractivity contribution in [3.8, 4) is 0 Å². The third-order valence-corrected chi connectivity index (χ3v) is 4.97. The molecule has 4 rings (SSSR count). The Morgan fingerprint density at radius 2 is 1.66 bits per heavy atom. The van der Waals surface area contributed by atoms with Crippen molar-refractivity contribution in [1.29, 1.82) is 0 Å². The van der Waals surface area contributed by atoms with Crippen LogP contribution in [0.5, 0.6) is 0 Å². The zero-order valence-electron chi connectivity index (χ0n) is 17.5. The number of ether oxygens (including phenoxy) is 1. The van der Waals surface area contributed by atoms with Crippen molar-refractivity contribution in [2.75, 3.05) is 12.0 Å². The van der Waals surface area contributed by atoms with Gasteiger partial charge in [0.1, 0.15) is 0 Å². The van der Waals surface area contributed by atoms with E-state index in [4.69, 9.17) is 4.74 Å². The summed E-state index contributed by atoms with van der Waals surface area (Å²) in [5.74, 6) is -1.42. The maximum Gasteiger partial charge on any atom is 0.359 e. The first-order chi connectivity index (χ1) is 15.4. The average molecular weight is 428 g/mol. The molecule has 0 atom stereocenters. The van der Waals surface area contributed by atoms with Crippen LogP contribution in [-0.4, -0.2) is 38.9 Å². The summed E-state index contributed by atoms with van der Waals surface area (Å²) in [4.78, 5) is 45.9. The number of aryl methyl sites for hydroxylation is 1. The molecule has 0 fully saturated rings. The fourth-order valence-electron chi connectivity index (χ4n) is 3.31. The summed E-state index contributed by atoms with van der Waals surface area (Å²) in [6.07, 6.45) is 1.32. The van der Waals surface area contributed by atoms with Crippen LogP contribution in [0.1, 0.15) is 42.6 Å². The summed E-state index contributed by atoms with van der Waals surface area (Å²) < 4.78 is 6.70. The minimum Gasteiger partial charge on any atom is -0.453 e. The van der Waals surface area contributed by atoms with Crippen molar-refractivity contribution in [2.45, 2.75) is 13.8 Å². The van der Waals surface area contributed by atoms with Crippen molar-refractivity contribution in [2.24, 2.45) is 0 Å². The third-order valence-electron chi connectivity index (χ3n) is 4.97. The molecular formula is C24H20N4O4. The number of Topliss-reactive ketones (excluding diaryl/α,β-unsaturated/α-hetero) is 1. The van der Waals surface area contributed by atoms with Crippen LogP contribution in [0.4, 0.5) is 0 Å². The van der Waals surface area contributed by atoms with E-state index in [0.717, 1.165) is 0 Å². The van der Waals surface area contributed by atoms with Crippen molar-refractivity contribution in [3.63, 3.8) is 0 Å². The SMILES string of the molecule is Cc1cc(C(=O)COC(=O)c2cnc3ccccc3n2)c(C)n1NC(=O)c1ccccc1. The lowest BCUT2D eigenvalue weighted by Crippen LogP contribution is -2.25. The number of aromatic nitrogens is 3. The highest BCUT2D eigenvalue weighted by Gasteiger charge is 2.20. The third kappa shape index (κ3) is 4.24. The molecule has 0 bridgehead atoms. The Labute approximate surface area is 183 Å². The van der Waals surface area contributed by atoms with Crippen LogP contribution in [0.2, 0.25) is 0 Å². The number of esters is 1. The van der Waals surface area contributed by atoms with E-state index in [-0.39, 0.29) is 17.4 Å². The van der Waals surface area contributed by atoms with Crippen molar-refractivity contribution < 1.29 is 19.1 Å². The molecule has 2 aromatic carbocycles. The van der Waals surface area contributed by atoms with Gasteiger partial charge < -0.3 is 4.74 Å². The topological polar surface area (TPSA) is 103 Å². The van der Waals surface area contributed by atoms with Crippen LogP contribution in [-0.2, 0) is 4.74 Å². The predicted octanol–water partition coefficient (Wildman–Crippen LogP) is 3.47. The normalized spacial score (nSPS) is 10.7. The number of rotatable bonds is 6. The van der Waals surface area contributed by atoms with Gasteiger partial charge in [-0.25, -0.2) is 9.78 Å². The van der Waals surface area contributed by atoms with E-state index in [1.54, 1.807) is 67.1 Å². The standard InChI is InChI=1S/C24H20N4O4/c1-15-12-18(16(2)28(15)27-23(30)17-8-4-3-5-9-17)22(29)14-32-24(31)21-13-25-19-10-6-7-11-20(19)26-21/h3-13H,14H2,1-2H3,(H,27,30). The lowest BCUT2D eigenvalue weighted by molar-refractivity contribution is 0.0468. The maximum absolute atomic E-state index is 12.7. The molecule has 1 N–H and O–H groups in total. The summed E-state index contributed by atoms with van der Waals surface area (Å²) in [5.41, 5.74) is 6.08. The average Bonchev–Trinajstić information content (AvgIpc) is 3.10. The Balaban J connectivity index is 1.44. The van der Waals surface area contributed by atoms with Gasteiger partial charge in [-0.3, -0.25) is 24.7 Å². The zero-order valence-corrected chi connectivity index (χ0v) is 17.5. The predicted molar refractivity (Wildman–Crippen MR) is 118 cm³/mol. The molecular weight excluding hydrogens is 408 g/mol. The lowest BCUT2D eigenvalue weighted by Gasteiger charge is -2.11. The van der Waals surface area contributed by atoms with Gasteiger partial charge in [0, 0.05) is 22.5 Å². The fourth-order valence-corrected chi connectivity index (χ4v) is 3.31. The number of nitrogens with one attached hydrogen (secondary N) is 1. The van der Waals surface area contributed by atoms with Gasteiger partial charge in [0.05, 0.1) is 17.2 Å². The summed E-state index contributed by atoms with van der Waals surface area (Å²) >= 11 is 0. The van der Waals surface area contributed by atoms with Crippen LogP contribution in [0, 0.1) is 13.8 Å². The van der Waals surface area contributed by atoms with E-state index in [0.29, 0.717) is 33.5 Å². The molecule has 2 aromatic heterocycles. The van der Waals surface area contributed by atoms with Gasteiger partial charge in [0.25, 0.3) is 5.91 Å². The maximum atomic E-state index is 12.7. The van der Waals surface area contributed by atoms with E-state index in [2.05, 4.69) is 15.4 Å². The van der Waals surface area contributed by atoms with Crippen LogP contribution >= 0.6 is 0 Å². The van der Waals surface area contributed by atoms with E-state index in [1.165, 1.54) is 6.20 Å². The fraction of sp³-hybridized carbons (Fsp3) is 0.125. The number of para-hydroxylation sites is 2. The second-order valence-electron chi connectivity index (χ2n) is 7.17. The summed E-state index contributed by atoms with van der Waals surface area (Å²) in [6.45, 7) is 3.03. The second-order valence-corrected chi connectivity index (χ2v) is 7.17. The minimum absolute atomic E-state index is 0.0251. The van der Waals surface area contributed by atoms with Crippen LogP contribution < -0.4 is 5.43 Å².